The predicted molar refractivity (Wildman–Crippen MR) is 54.5 cm³/mol. The molecule has 0 aliphatic heterocycles. The molecule has 1 heteroatoms. The van der Waals surface area contributed by atoms with Crippen LogP contribution >= 0.6 is 0 Å². The molecule has 1 aromatic carbocycles. The lowest BCUT2D eigenvalue weighted by Crippen LogP contribution is -2.16. The van der Waals surface area contributed by atoms with E-state index in [0.29, 0.717) is 0 Å². The molecule has 0 heterocycles. The number of rotatable bonds is 3. The molecule has 1 nitrogen and oxygen atoms in total. The van der Waals surface area contributed by atoms with Crippen LogP contribution in [0.3, 0.4) is 0 Å². The van der Waals surface area contributed by atoms with Crippen molar-refractivity contribution in [3.63, 3.8) is 0 Å². The van der Waals surface area contributed by atoms with Gasteiger partial charge in [0, 0.05) is 19.3 Å². The van der Waals surface area contributed by atoms with Crippen LogP contribution in [0, 0.1) is 0 Å². The Bertz CT molecular complexity index is 238. The molecule has 0 amide bonds. The summed E-state index contributed by atoms with van der Waals surface area (Å²) in [6, 6.07) is 10.4. The molecule has 0 N–H and O–H groups in total. The van der Waals surface area contributed by atoms with Crippen LogP contribution < -0.4 is 4.90 Å². The van der Waals surface area contributed by atoms with Gasteiger partial charge in [-0.25, -0.2) is 0 Å². The number of likely N-dealkylation sites (N-methyl/N-ethyl adjacent to an activating group) is 1. The van der Waals surface area contributed by atoms with Crippen molar-refractivity contribution in [3.05, 3.63) is 42.5 Å². The third-order valence-electron chi connectivity index (χ3n) is 1.81. The largest absolute Gasteiger partial charge is 0.371 e. The lowest BCUT2D eigenvalue weighted by atomic mass is 10.3. The zero-order valence-corrected chi connectivity index (χ0v) is 7.70. The molecular formula is C11H15N. The molecule has 0 atom stereocenters. The fourth-order valence-electron chi connectivity index (χ4n) is 1.05. The van der Waals surface area contributed by atoms with E-state index in [1.807, 2.05) is 13.0 Å². The van der Waals surface area contributed by atoms with Gasteiger partial charge in [-0.1, -0.05) is 30.4 Å². The van der Waals surface area contributed by atoms with Crippen molar-refractivity contribution in [2.45, 2.75) is 6.92 Å². The number of allylic oxidation sites excluding steroid dienone is 1. The van der Waals surface area contributed by atoms with Gasteiger partial charge in [0.2, 0.25) is 0 Å². The molecule has 0 aliphatic rings. The number of nitrogens with zero attached hydrogens (tertiary/aromatic N) is 1. The average Bonchev–Trinajstić information content (AvgIpc) is 2.15. The fraction of sp³-hybridized carbons (Fsp3) is 0.273. The van der Waals surface area contributed by atoms with E-state index in [-0.39, 0.29) is 0 Å². The van der Waals surface area contributed by atoms with Crippen LogP contribution in [-0.4, -0.2) is 13.6 Å². The minimum Gasteiger partial charge on any atom is -0.371 e. The highest BCUT2D eigenvalue weighted by Crippen LogP contribution is 2.09. The van der Waals surface area contributed by atoms with Gasteiger partial charge in [0.25, 0.3) is 0 Å². The Morgan fingerprint density at radius 2 is 1.92 bits per heavy atom. The van der Waals surface area contributed by atoms with Gasteiger partial charge < -0.3 is 4.90 Å². The van der Waals surface area contributed by atoms with Gasteiger partial charge in [-0.2, -0.15) is 0 Å². The smallest absolute Gasteiger partial charge is 0.0366 e. The number of hydrogen-bond donors (Lipinski definition) is 0. The molecule has 0 saturated heterocycles. The van der Waals surface area contributed by atoms with Crippen molar-refractivity contribution in [3.8, 4) is 0 Å². The molecule has 0 fully saturated rings. The second kappa shape index (κ2) is 4.60. The summed E-state index contributed by atoms with van der Waals surface area (Å²) in [7, 11) is 2.09. The average molecular weight is 161 g/mol. The van der Waals surface area contributed by atoms with Gasteiger partial charge in [0.15, 0.2) is 0 Å². The van der Waals surface area contributed by atoms with Gasteiger partial charge in [-0.05, 0) is 19.1 Å². The second-order valence-corrected chi connectivity index (χ2v) is 2.79. The van der Waals surface area contributed by atoms with Crippen molar-refractivity contribution in [1.82, 2.24) is 0 Å². The van der Waals surface area contributed by atoms with Crippen LogP contribution in [0.25, 0.3) is 0 Å². The highest BCUT2D eigenvalue weighted by molar-refractivity contribution is 5.45. The summed E-state index contributed by atoms with van der Waals surface area (Å²) in [5, 5.41) is 0. The molecular weight excluding hydrogens is 146 g/mol. The zero-order valence-electron chi connectivity index (χ0n) is 7.70. The lowest BCUT2D eigenvalue weighted by Gasteiger charge is -2.16. The molecule has 1 rings (SSSR count). The van der Waals surface area contributed by atoms with Crippen molar-refractivity contribution in [1.29, 1.82) is 0 Å². The van der Waals surface area contributed by atoms with Gasteiger partial charge in [-0.15, -0.1) is 0 Å². The Labute approximate surface area is 74.3 Å². The van der Waals surface area contributed by atoms with Crippen molar-refractivity contribution >= 4 is 5.69 Å². The van der Waals surface area contributed by atoms with Crippen LogP contribution in [0.15, 0.2) is 42.5 Å². The van der Waals surface area contributed by atoms with Crippen LogP contribution in [0.5, 0.6) is 0 Å². The minimum atomic E-state index is 0.973. The number of para-hydroxylation sites is 1. The van der Waals surface area contributed by atoms with Crippen molar-refractivity contribution < 1.29 is 0 Å². The van der Waals surface area contributed by atoms with Crippen LogP contribution in [0.1, 0.15) is 6.92 Å². The summed E-state index contributed by atoms with van der Waals surface area (Å²) >= 11 is 0. The van der Waals surface area contributed by atoms with Crippen LogP contribution in [0.2, 0.25) is 0 Å². The first-order valence-corrected chi connectivity index (χ1v) is 4.22. The Hall–Kier alpha value is -1.24. The number of anilines is 1. The molecule has 12 heavy (non-hydrogen) atoms. The van der Waals surface area contributed by atoms with E-state index < -0.39 is 0 Å². The molecule has 0 saturated carbocycles. The maximum Gasteiger partial charge on any atom is 0.0366 e. The monoisotopic (exact) mass is 161 g/mol. The summed E-state index contributed by atoms with van der Waals surface area (Å²) in [5.41, 5.74) is 1.26. The minimum absolute atomic E-state index is 0.973. The third kappa shape index (κ3) is 2.42. The molecule has 0 spiro atoms. The first-order chi connectivity index (χ1) is 5.84. The highest BCUT2D eigenvalue weighted by Gasteiger charge is 1.94. The Kier molecular flexibility index (Phi) is 3.39. The first kappa shape index (κ1) is 8.85. The number of benzene rings is 1. The van der Waals surface area contributed by atoms with E-state index in [1.54, 1.807) is 0 Å². The van der Waals surface area contributed by atoms with Crippen molar-refractivity contribution in [2.24, 2.45) is 0 Å². The molecule has 0 radical (unpaired) electrons. The standard InChI is InChI=1S/C11H15N/c1-3-4-10-12(2)11-8-6-5-7-9-11/h3-9H,10H2,1-2H3. The zero-order chi connectivity index (χ0) is 8.81. The Morgan fingerprint density at radius 1 is 1.25 bits per heavy atom. The van der Waals surface area contributed by atoms with E-state index in [4.69, 9.17) is 0 Å². The normalized spacial score (nSPS) is 10.5. The molecule has 0 unspecified atom stereocenters. The summed E-state index contributed by atoms with van der Waals surface area (Å²) in [5.74, 6) is 0. The lowest BCUT2D eigenvalue weighted by molar-refractivity contribution is 1.03. The summed E-state index contributed by atoms with van der Waals surface area (Å²) < 4.78 is 0. The van der Waals surface area contributed by atoms with Crippen LogP contribution in [0.4, 0.5) is 5.69 Å². The number of hydrogen-bond acceptors (Lipinski definition) is 1. The first-order valence-electron chi connectivity index (χ1n) is 4.22. The van der Waals surface area contributed by atoms with E-state index in [9.17, 15) is 0 Å². The maximum absolute atomic E-state index is 2.21. The van der Waals surface area contributed by atoms with Crippen LogP contribution in [-0.2, 0) is 0 Å². The Balaban J connectivity index is 2.59. The Morgan fingerprint density at radius 3 is 2.50 bits per heavy atom. The van der Waals surface area contributed by atoms with Gasteiger partial charge in [-0.3, -0.25) is 0 Å². The molecule has 1 aromatic rings. The molecule has 64 valence electrons. The summed E-state index contributed by atoms with van der Waals surface area (Å²) in [6.45, 7) is 3.01. The second-order valence-electron chi connectivity index (χ2n) is 2.79. The van der Waals surface area contributed by atoms with E-state index in [0.717, 1.165) is 6.54 Å². The van der Waals surface area contributed by atoms with E-state index in [2.05, 4.69) is 48.4 Å². The summed E-state index contributed by atoms with van der Waals surface area (Å²) in [6.07, 6.45) is 4.21. The summed E-state index contributed by atoms with van der Waals surface area (Å²) in [4.78, 5) is 2.21. The molecule has 0 aliphatic carbocycles. The van der Waals surface area contributed by atoms with Gasteiger partial charge in [0.1, 0.15) is 0 Å². The van der Waals surface area contributed by atoms with E-state index >= 15 is 0 Å². The van der Waals surface area contributed by atoms with E-state index in [1.165, 1.54) is 5.69 Å². The SMILES string of the molecule is CC=CCN(C)c1ccccc1. The third-order valence-corrected chi connectivity index (χ3v) is 1.81. The topological polar surface area (TPSA) is 3.24 Å². The van der Waals surface area contributed by atoms with Crippen molar-refractivity contribution in [2.75, 3.05) is 18.5 Å². The predicted octanol–water partition coefficient (Wildman–Crippen LogP) is 2.70. The fourth-order valence-corrected chi connectivity index (χ4v) is 1.05. The van der Waals surface area contributed by atoms with Gasteiger partial charge in [0.05, 0.1) is 0 Å². The maximum atomic E-state index is 2.21. The quantitative estimate of drug-likeness (QED) is 0.616. The van der Waals surface area contributed by atoms with Gasteiger partial charge >= 0.3 is 0 Å². The molecule has 0 aromatic heterocycles. The molecule has 0 bridgehead atoms. The highest BCUT2D eigenvalue weighted by atomic mass is 15.1.